The van der Waals surface area contributed by atoms with Crippen molar-refractivity contribution in [3.8, 4) is 0 Å². The first-order valence-electron chi connectivity index (χ1n) is 8.14. The van der Waals surface area contributed by atoms with E-state index in [-0.39, 0.29) is 24.6 Å². The number of nitrogens with zero attached hydrogens (tertiary/aromatic N) is 1. The van der Waals surface area contributed by atoms with Crippen LogP contribution in [0.5, 0.6) is 0 Å². The van der Waals surface area contributed by atoms with Crippen molar-refractivity contribution >= 4 is 29.2 Å². The topological polar surface area (TPSA) is 68.0 Å². The highest BCUT2D eigenvalue weighted by atomic mass is 32.2. The van der Waals surface area contributed by atoms with Crippen LogP contribution in [0.1, 0.15) is 24.8 Å². The van der Waals surface area contributed by atoms with E-state index >= 15 is 0 Å². The molecule has 1 amide bonds. The van der Waals surface area contributed by atoms with E-state index in [1.807, 2.05) is 6.07 Å². The SMILES string of the molecule is Nc1nc(SCC2CC2)ccc1NC(=O)CCc1cc(F)cc(F)c1. The van der Waals surface area contributed by atoms with Crippen molar-refractivity contribution in [2.24, 2.45) is 5.92 Å². The van der Waals surface area contributed by atoms with Crippen molar-refractivity contribution in [3.63, 3.8) is 0 Å². The number of nitrogen functional groups attached to an aromatic ring is 1. The molecule has 0 radical (unpaired) electrons. The van der Waals surface area contributed by atoms with Crippen molar-refractivity contribution < 1.29 is 13.6 Å². The number of nitrogens with one attached hydrogen (secondary N) is 1. The Labute approximate surface area is 149 Å². The molecule has 1 heterocycles. The van der Waals surface area contributed by atoms with Gasteiger partial charge in [-0.2, -0.15) is 0 Å². The predicted octanol–water partition coefficient (Wildman–Crippen LogP) is 4.02. The zero-order valence-corrected chi connectivity index (χ0v) is 14.4. The lowest BCUT2D eigenvalue weighted by Crippen LogP contribution is -2.14. The Bertz CT molecular complexity index is 761. The first kappa shape index (κ1) is 17.7. The van der Waals surface area contributed by atoms with Crippen LogP contribution in [0.15, 0.2) is 35.4 Å². The maximum atomic E-state index is 13.1. The van der Waals surface area contributed by atoms with Gasteiger partial charge >= 0.3 is 0 Å². The van der Waals surface area contributed by atoms with Crippen LogP contribution in [0.25, 0.3) is 0 Å². The molecule has 0 saturated heterocycles. The molecule has 0 bridgehead atoms. The maximum Gasteiger partial charge on any atom is 0.224 e. The van der Waals surface area contributed by atoms with Crippen molar-refractivity contribution in [3.05, 3.63) is 47.5 Å². The number of amides is 1. The number of aromatic nitrogens is 1. The molecule has 4 nitrogen and oxygen atoms in total. The average molecular weight is 363 g/mol. The minimum atomic E-state index is -0.650. The van der Waals surface area contributed by atoms with Crippen LogP contribution in [0.4, 0.5) is 20.3 Å². The number of pyridine rings is 1. The number of benzene rings is 1. The molecule has 1 aliphatic rings. The third kappa shape index (κ3) is 5.42. The molecule has 1 aliphatic carbocycles. The molecule has 2 aromatic rings. The Morgan fingerprint density at radius 3 is 2.60 bits per heavy atom. The molecule has 1 saturated carbocycles. The summed E-state index contributed by atoms with van der Waals surface area (Å²) in [4.78, 5) is 16.3. The molecule has 0 spiro atoms. The van der Waals surface area contributed by atoms with Gasteiger partial charge in [0.2, 0.25) is 5.91 Å². The molecular formula is C18H19F2N3OS. The fraction of sp³-hybridized carbons (Fsp3) is 0.333. The van der Waals surface area contributed by atoms with E-state index in [0.717, 1.165) is 22.8 Å². The number of rotatable bonds is 7. The number of thioether (sulfide) groups is 1. The first-order valence-corrected chi connectivity index (χ1v) is 9.12. The Morgan fingerprint density at radius 2 is 1.96 bits per heavy atom. The van der Waals surface area contributed by atoms with E-state index in [2.05, 4.69) is 10.3 Å². The number of anilines is 2. The fourth-order valence-corrected chi connectivity index (χ4v) is 3.42. The summed E-state index contributed by atoms with van der Waals surface area (Å²) >= 11 is 1.67. The van der Waals surface area contributed by atoms with Crippen LogP contribution in [-0.4, -0.2) is 16.6 Å². The monoisotopic (exact) mass is 363 g/mol. The van der Waals surface area contributed by atoms with Gasteiger partial charge in [0.05, 0.1) is 10.7 Å². The highest BCUT2D eigenvalue weighted by Crippen LogP contribution is 2.35. The summed E-state index contributed by atoms with van der Waals surface area (Å²) in [6.07, 6.45) is 2.90. The second-order valence-corrected chi connectivity index (χ2v) is 7.20. The van der Waals surface area contributed by atoms with Gasteiger partial charge in [-0.3, -0.25) is 4.79 Å². The van der Waals surface area contributed by atoms with Gasteiger partial charge < -0.3 is 11.1 Å². The van der Waals surface area contributed by atoms with Crippen molar-refractivity contribution in [1.82, 2.24) is 4.98 Å². The van der Waals surface area contributed by atoms with Crippen LogP contribution < -0.4 is 11.1 Å². The lowest BCUT2D eigenvalue weighted by molar-refractivity contribution is -0.116. The van der Waals surface area contributed by atoms with Gasteiger partial charge in [-0.05, 0) is 55.0 Å². The second-order valence-electron chi connectivity index (χ2n) is 6.16. The molecule has 0 atom stereocenters. The first-order chi connectivity index (χ1) is 12.0. The Kier molecular flexibility index (Phi) is 5.53. The molecule has 7 heteroatoms. The van der Waals surface area contributed by atoms with Gasteiger partial charge in [0.1, 0.15) is 17.5 Å². The number of halogens is 2. The molecule has 3 N–H and O–H groups in total. The molecule has 3 rings (SSSR count). The lowest BCUT2D eigenvalue weighted by atomic mass is 10.1. The summed E-state index contributed by atoms with van der Waals surface area (Å²) in [5.41, 5.74) is 6.79. The standard InChI is InChI=1S/C18H19F2N3OS/c19-13-7-12(8-14(20)9-13)3-5-16(24)22-15-4-6-17(23-18(15)21)25-10-11-1-2-11/h4,6-9,11H,1-3,5,10H2,(H2,21,23)(H,22,24). The number of hydrogen-bond donors (Lipinski definition) is 2. The number of carbonyl (C=O) groups is 1. The van der Waals surface area contributed by atoms with E-state index in [0.29, 0.717) is 11.3 Å². The van der Waals surface area contributed by atoms with Crippen LogP contribution in [-0.2, 0) is 11.2 Å². The summed E-state index contributed by atoms with van der Waals surface area (Å²) < 4.78 is 26.3. The molecule has 25 heavy (non-hydrogen) atoms. The molecule has 0 aliphatic heterocycles. The van der Waals surface area contributed by atoms with E-state index in [4.69, 9.17) is 5.73 Å². The van der Waals surface area contributed by atoms with Crippen LogP contribution >= 0.6 is 11.8 Å². The summed E-state index contributed by atoms with van der Waals surface area (Å²) in [5, 5.41) is 3.54. The minimum Gasteiger partial charge on any atom is -0.382 e. The van der Waals surface area contributed by atoms with Crippen molar-refractivity contribution in [2.45, 2.75) is 30.7 Å². The number of hydrogen-bond acceptors (Lipinski definition) is 4. The van der Waals surface area contributed by atoms with Gasteiger partial charge in [0, 0.05) is 18.2 Å². The number of carbonyl (C=O) groups excluding carboxylic acids is 1. The normalized spacial score (nSPS) is 13.7. The van der Waals surface area contributed by atoms with Gasteiger partial charge in [-0.15, -0.1) is 11.8 Å². The Hall–Kier alpha value is -2.15. The third-order valence-electron chi connectivity index (χ3n) is 3.90. The third-order valence-corrected chi connectivity index (χ3v) is 5.06. The van der Waals surface area contributed by atoms with E-state index in [9.17, 15) is 13.6 Å². The van der Waals surface area contributed by atoms with Gasteiger partial charge in [0.15, 0.2) is 0 Å². The summed E-state index contributed by atoms with van der Waals surface area (Å²) in [6.45, 7) is 0. The van der Waals surface area contributed by atoms with E-state index in [1.54, 1.807) is 17.8 Å². The highest BCUT2D eigenvalue weighted by Gasteiger charge is 2.21. The largest absolute Gasteiger partial charge is 0.382 e. The molecule has 132 valence electrons. The molecule has 0 unspecified atom stereocenters. The zero-order chi connectivity index (χ0) is 17.8. The van der Waals surface area contributed by atoms with E-state index in [1.165, 1.54) is 25.0 Å². The van der Waals surface area contributed by atoms with Crippen LogP contribution in [0, 0.1) is 17.6 Å². The summed E-state index contributed by atoms with van der Waals surface area (Å²) in [6, 6.07) is 6.81. The molecule has 1 aromatic carbocycles. The second kappa shape index (κ2) is 7.82. The summed E-state index contributed by atoms with van der Waals surface area (Å²) in [5.74, 6) is 0.524. The number of aryl methyl sites for hydroxylation is 1. The smallest absolute Gasteiger partial charge is 0.224 e. The van der Waals surface area contributed by atoms with Crippen LogP contribution in [0.3, 0.4) is 0 Å². The highest BCUT2D eigenvalue weighted by molar-refractivity contribution is 7.99. The summed E-state index contributed by atoms with van der Waals surface area (Å²) in [7, 11) is 0. The van der Waals surface area contributed by atoms with Gasteiger partial charge in [-0.1, -0.05) is 0 Å². The van der Waals surface area contributed by atoms with Gasteiger partial charge in [-0.25, -0.2) is 13.8 Å². The zero-order valence-electron chi connectivity index (χ0n) is 13.6. The Balaban J connectivity index is 1.53. The lowest BCUT2D eigenvalue weighted by Gasteiger charge is -2.09. The van der Waals surface area contributed by atoms with Crippen LogP contribution in [0.2, 0.25) is 0 Å². The Morgan fingerprint density at radius 1 is 1.24 bits per heavy atom. The molecular weight excluding hydrogens is 344 g/mol. The average Bonchev–Trinajstić information content (AvgIpc) is 3.37. The minimum absolute atomic E-state index is 0.0977. The maximum absolute atomic E-state index is 13.1. The molecule has 1 aromatic heterocycles. The molecule has 1 fully saturated rings. The van der Waals surface area contributed by atoms with Crippen molar-refractivity contribution in [2.75, 3.05) is 16.8 Å². The van der Waals surface area contributed by atoms with Crippen molar-refractivity contribution in [1.29, 1.82) is 0 Å². The van der Waals surface area contributed by atoms with Gasteiger partial charge in [0.25, 0.3) is 0 Å². The quantitative estimate of drug-likeness (QED) is 0.729. The van der Waals surface area contributed by atoms with E-state index < -0.39 is 11.6 Å². The predicted molar refractivity (Wildman–Crippen MR) is 95.4 cm³/mol. The fourth-order valence-electron chi connectivity index (χ4n) is 2.36. The number of nitrogens with two attached hydrogens (primary N) is 1.